The molecule has 0 spiro atoms. The highest BCUT2D eigenvalue weighted by molar-refractivity contribution is 5.74. The summed E-state index contributed by atoms with van der Waals surface area (Å²) in [7, 11) is 0. The SMILES string of the molecule is CC(C)(C)OC(=O)N1CC(C(=O)O)C[C@@H]2OCC[C@@H]21. The zero-order valence-corrected chi connectivity index (χ0v) is 11.6. The van der Waals surface area contributed by atoms with Gasteiger partial charge in [-0.05, 0) is 33.6 Å². The number of aliphatic carboxylic acids is 1. The van der Waals surface area contributed by atoms with Crippen LogP contribution in [-0.2, 0) is 14.3 Å². The van der Waals surface area contributed by atoms with E-state index in [2.05, 4.69) is 0 Å². The number of hydrogen-bond acceptors (Lipinski definition) is 4. The predicted molar refractivity (Wildman–Crippen MR) is 66.8 cm³/mol. The van der Waals surface area contributed by atoms with Crippen molar-refractivity contribution in [3.05, 3.63) is 0 Å². The lowest BCUT2D eigenvalue weighted by Crippen LogP contribution is -2.54. The Labute approximate surface area is 112 Å². The van der Waals surface area contributed by atoms with Gasteiger partial charge in [-0.3, -0.25) is 4.79 Å². The smallest absolute Gasteiger partial charge is 0.410 e. The normalized spacial score (nSPS) is 30.9. The van der Waals surface area contributed by atoms with Crippen molar-refractivity contribution in [2.45, 2.75) is 51.4 Å². The monoisotopic (exact) mass is 271 g/mol. The number of likely N-dealkylation sites (tertiary alicyclic amines) is 1. The van der Waals surface area contributed by atoms with Crippen LogP contribution in [0.3, 0.4) is 0 Å². The number of hydrogen-bond donors (Lipinski definition) is 1. The summed E-state index contributed by atoms with van der Waals surface area (Å²) in [5, 5.41) is 9.16. The average Bonchev–Trinajstić information content (AvgIpc) is 2.72. The molecule has 2 aliphatic rings. The predicted octanol–water partition coefficient (Wildman–Crippen LogP) is 1.49. The summed E-state index contributed by atoms with van der Waals surface area (Å²) in [5.41, 5.74) is -0.581. The zero-order chi connectivity index (χ0) is 14.2. The van der Waals surface area contributed by atoms with E-state index in [0.29, 0.717) is 13.0 Å². The van der Waals surface area contributed by atoms with Gasteiger partial charge in [0, 0.05) is 13.2 Å². The molecule has 1 unspecified atom stereocenters. The highest BCUT2D eigenvalue weighted by Crippen LogP contribution is 2.32. The summed E-state index contributed by atoms with van der Waals surface area (Å²) in [6.45, 7) is 6.17. The third-order valence-electron chi connectivity index (χ3n) is 3.49. The summed E-state index contributed by atoms with van der Waals surface area (Å²) in [5.74, 6) is -1.46. The number of nitrogens with zero attached hydrogens (tertiary/aromatic N) is 1. The number of amides is 1. The molecule has 2 rings (SSSR count). The molecule has 6 nitrogen and oxygen atoms in total. The van der Waals surface area contributed by atoms with Crippen LogP contribution in [0, 0.1) is 5.92 Å². The topological polar surface area (TPSA) is 76.1 Å². The molecule has 0 saturated carbocycles. The minimum atomic E-state index is -0.887. The molecule has 6 heteroatoms. The van der Waals surface area contributed by atoms with Gasteiger partial charge in [-0.15, -0.1) is 0 Å². The Hall–Kier alpha value is -1.30. The fourth-order valence-electron chi connectivity index (χ4n) is 2.66. The van der Waals surface area contributed by atoms with Gasteiger partial charge in [-0.1, -0.05) is 0 Å². The first-order valence-corrected chi connectivity index (χ1v) is 6.62. The van der Waals surface area contributed by atoms with E-state index < -0.39 is 23.6 Å². The first-order chi connectivity index (χ1) is 8.78. The second-order valence-electron chi connectivity index (χ2n) is 6.17. The van der Waals surface area contributed by atoms with Crippen LogP contribution in [0.1, 0.15) is 33.6 Å². The van der Waals surface area contributed by atoms with Crippen molar-refractivity contribution in [2.75, 3.05) is 13.2 Å². The summed E-state index contributed by atoms with van der Waals surface area (Å²) in [6, 6.07) is -0.0505. The summed E-state index contributed by atoms with van der Waals surface area (Å²) in [6.07, 6.45) is 0.594. The lowest BCUT2D eigenvalue weighted by atomic mass is 9.90. The molecule has 2 heterocycles. The molecule has 19 heavy (non-hydrogen) atoms. The van der Waals surface area contributed by atoms with Crippen LogP contribution in [0.25, 0.3) is 0 Å². The van der Waals surface area contributed by atoms with Crippen LogP contribution in [0.5, 0.6) is 0 Å². The minimum Gasteiger partial charge on any atom is -0.481 e. The van der Waals surface area contributed by atoms with Crippen molar-refractivity contribution in [2.24, 2.45) is 5.92 Å². The number of carbonyl (C=O) groups is 2. The number of rotatable bonds is 1. The quantitative estimate of drug-likeness (QED) is 0.782. The van der Waals surface area contributed by atoms with Gasteiger partial charge in [-0.25, -0.2) is 4.79 Å². The Morgan fingerprint density at radius 3 is 2.63 bits per heavy atom. The van der Waals surface area contributed by atoms with Gasteiger partial charge < -0.3 is 19.5 Å². The summed E-state index contributed by atoms with van der Waals surface area (Å²) < 4.78 is 10.9. The van der Waals surface area contributed by atoms with Crippen molar-refractivity contribution in [3.8, 4) is 0 Å². The molecule has 108 valence electrons. The number of carboxylic acids is 1. The van der Waals surface area contributed by atoms with Crippen molar-refractivity contribution in [1.82, 2.24) is 4.90 Å². The molecule has 1 amide bonds. The average molecular weight is 271 g/mol. The number of carbonyl (C=O) groups excluding carboxylic acids is 1. The molecule has 1 N–H and O–H groups in total. The minimum absolute atomic E-state index is 0.0505. The largest absolute Gasteiger partial charge is 0.481 e. The van der Waals surface area contributed by atoms with E-state index in [1.54, 1.807) is 20.8 Å². The lowest BCUT2D eigenvalue weighted by Gasteiger charge is -2.39. The number of ether oxygens (including phenoxy) is 2. The lowest BCUT2D eigenvalue weighted by molar-refractivity contribution is -0.146. The molecule has 2 fully saturated rings. The number of fused-ring (bicyclic) bond motifs is 1. The van der Waals surface area contributed by atoms with Gasteiger partial charge in [0.25, 0.3) is 0 Å². The molecule has 0 radical (unpaired) electrons. The second kappa shape index (κ2) is 5.00. The van der Waals surface area contributed by atoms with E-state index in [0.717, 1.165) is 6.42 Å². The fraction of sp³-hybridized carbons (Fsp3) is 0.846. The molecule has 0 aromatic carbocycles. The second-order valence-corrected chi connectivity index (χ2v) is 6.17. The van der Waals surface area contributed by atoms with Crippen molar-refractivity contribution < 1.29 is 24.2 Å². The Balaban J connectivity index is 2.11. The van der Waals surface area contributed by atoms with E-state index in [1.165, 1.54) is 4.90 Å². The van der Waals surface area contributed by atoms with Gasteiger partial charge in [0.15, 0.2) is 0 Å². The van der Waals surface area contributed by atoms with Crippen LogP contribution < -0.4 is 0 Å². The van der Waals surface area contributed by atoms with Crippen LogP contribution in [0.15, 0.2) is 0 Å². The maximum atomic E-state index is 12.2. The maximum absolute atomic E-state index is 12.2. The standard InChI is InChI=1S/C13H21NO5/c1-13(2,3)19-12(17)14-7-8(11(15)16)6-10-9(14)4-5-18-10/h8-10H,4-7H2,1-3H3,(H,15,16)/t8?,9-,10-/m0/s1. The molecule has 3 atom stereocenters. The molecule has 0 aromatic rings. The van der Waals surface area contributed by atoms with Crippen molar-refractivity contribution >= 4 is 12.1 Å². The first kappa shape index (κ1) is 14.1. The molecule has 2 saturated heterocycles. The third-order valence-corrected chi connectivity index (χ3v) is 3.49. The Kier molecular flexibility index (Phi) is 3.71. The van der Waals surface area contributed by atoms with Crippen LogP contribution in [-0.4, -0.2) is 53.0 Å². The van der Waals surface area contributed by atoms with Gasteiger partial charge in [0.2, 0.25) is 0 Å². The summed E-state index contributed by atoms with van der Waals surface area (Å²) >= 11 is 0. The molecular weight excluding hydrogens is 250 g/mol. The van der Waals surface area contributed by atoms with Crippen LogP contribution in [0.2, 0.25) is 0 Å². The zero-order valence-electron chi connectivity index (χ0n) is 11.6. The third kappa shape index (κ3) is 3.18. The Morgan fingerprint density at radius 2 is 2.05 bits per heavy atom. The number of carboxylic acid groups (broad SMARTS) is 1. The van der Waals surface area contributed by atoms with E-state index >= 15 is 0 Å². The number of piperidine rings is 1. The first-order valence-electron chi connectivity index (χ1n) is 6.62. The van der Waals surface area contributed by atoms with E-state index in [1.807, 2.05) is 0 Å². The Bertz CT molecular complexity index is 376. The van der Waals surface area contributed by atoms with E-state index in [9.17, 15) is 9.59 Å². The van der Waals surface area contributed by atoms with Crippen LogP contribution in [0.4, 0.5) is 4.79 Å². The van der Waals surface area contributed by atoms with Gasteiger partial charge in [-0.2, -0.15) is 0 Å². The maximum Gasteiger partial charge on any atom is 0.410 e. The molecule has 0 aromatic heterocycles. The van der Waals surface area contributed by atoms with Crippen molar-refractivity contribution in [3.63, 3.8) is 0 Å². The molecule has 2 aliphatic heterocycles. The van der Waals surface area contributed by atoms with E-state index in [4.69, 9.17) is 14.6 Å². The van der Waals surface area contributed by atoms with Crippen LogP contribution >= 0.6 is 0 Å². The molecule has 0 aliphatic carbocycles. The highest BCUT2D eigenvalue weighted by Gasteiger charge is 2.45. The Morgan fingerprint density at radius 1 is 1.37 bits per heavy atom. The van der Waals surface area contributed by atoms with E-state index in [-0.39, 0.29) is 18.7 Å². The van der Waals surface area contributed by atoms with Crippen molar-refractivity contribution in [1.29, 1.82) is 0 Å². The fourth-order valence-corrected chi connectivity index (χ4v) is 2.66. The van der Waals surface area contributed by atoms with Gasteiger partial charge in [0.1, 0.15) is 5.60 Å². The van der Waals surface area contributed by atoms with Gasteiger partial charge >= 0.3 is 12.1 Å². The van der Waals surface area contributed by atoms with Gasteiger partial charge in [0.05, 0.1) is 18.1 Å². The summed E-state index contributed by atoms with van der Waals surface area (Å²) in [4.78, 5) is 24.9. The molecule has 0 bridgehead atoms. The molecular formula is C13H21NO5. The highest BCUT2D eigenvalue weighted by atomic mass is 16.6.